The number of aliphatic hydroxyl groups excluding tert-OH is 3. The van der Waals surface area contributed by atoms with Crippen molar-refractivity contribution in [2.45, 2.75) is 56.2 Å². The molecule has 5 atom stereocenters. The Labute approximate surface area is 210 Å². The summed E-state index contributed by atoms with van der Waals surface area (Å²) in [5.74, 6) is -0.714. The van der Waals surface area contributed by atoms with Crippen LogP contribution in [0.3, 0.4) is 0 Å². The van der Waals surface area contributed by atoms with Gasteiger partial charge in [-0.15, -0.1) is 5.10 Å². The lowest BCUT2D eigenvalue weighted by Gasteiger charge is -2.25. The molecule has 18 heteroatoms. The molecule has 3 heterocycles. The van der Waals surface area contributed by atoms with Crippen LogP contribution in [0.4, 0.5) is 5.82 Å². The quantitative estimate of drug-likeness (QED) is 0.200. The Balaban J connectivity index is 1.48. The zero-order valence-electron chi connectivity index (χ0n) is 18.9. The average Bonchev–Trinajstić information content (AvgIpc) is 3.31. The summed E-state index contributed by atoms with van der Waals surface area (Å²) in [4.78, 5) is 35.9. The number of rotatable bonds is 9. The van der Waals surface area contributed by atoms with Gasteiger partial charge in [-0.2, -0.15) is 4.98 Å². The summed E-state index contributed by atoms with van der Waals surface area (Å²) in [5.41, 5.74) is 0.506. The molecule has 1 unspecified atom stereocenters. The maximum atomic E-state index is 11.9. The lowest BCUT2D eigenvalue weighted by atomic mass is 9.87. The van der Waals surface area contributed by atoms with Gasteiger partial charge in [0.1, 0.15) is 24.4 Å². The zero-order chi connectivity index (χ0) is 26.3. The van der Waals surface area contributed by atoms with Crippen LogP contribution in [0.15, 0.2) is 6.20 Å². The van der Waals surface area contributed by atoms with Crippen molar-refractivity contribution in [3.05, 3.63) is 17.2 Å². The topological polar surface area (TPSA) is 229 Å². The molecule has 15 nitrogen and oxygen atoms in total. The van der Waals surface area contributed by atoms with Crippen LogP contribution in [-0.2, 0) is 18.4 Å². The van der Waals surface area contributed by atoms with Crippen molar-refractivity contribution >= 4 is 38.3 Å². The van der Waals surface area contributed by atoms with Gasteiger partial charge in [0.05, 0.1) is 24.6 Å². The second-order valence-corrected chi connectivity index (χ2v) is 13.4. The SMILES string of the molecule is O=P(O)(O)CP(=O)(O)OC[C@H]1O[C@@H](c2cnc3c(NCC4CCC(O)CC4)nc(Cl)nn23)[C@H](O)[C@@H]1O. The number of anilines is 1. The van der Waals surface area contributed by atoms with Crippen LogP contribution in [0.25, 0.3) is 5.65 Å². The van der Waals surface area contributed by atoms with E-state index in [2.05, 4.69) is 20.4 Å². The van der Waals surface area contributed by atoms with E-state index in [1.54, 1.807) is 0 Å². The van der Waals surface area contributed by atoms with Crippen LogP contribution >= 0.6 is 26.8 Å². The van der Waals surface area contributed by atoms with E-state index < -0.39 is 52.1 Å². The number of nitrogens with zero attached hydrogens (tertiary/aromatic N) is 4. The molecular formula is C18H28ClN5O10P2. The lowest BCUT2D eigenvalue weighted by molar-refractivity contribution is -0.0204. The zero-order valence-corrected chi connectivity index (χ0v) is 21.4. The number of aromatic nitrogens is 4. The van der Waals surface area contributed by atoms with Crippen molar-refractivity contribution < 1.29 is 48.4 Å². The van der Waals surface area contributed by atoms with E-state index in [1.807, 2.05) is 0 Å². The van der Waals surface area contributed by atoms with Gasteiger partial charge in [-0.3, -0.25) is 9.13 Å². The predicted molar refractivity (Wildman–Crippen MR) is 125 cm³/mol. The van der Waals surface area contributed by atoms with Gasteiger partial charge in [0, 0.05) is 6.54 Å². The molecule has 36 heavy (non-hydrogen) atoms. The number of ether oxygens (including phenoxy) is 1. The van der Waals surface area contributed by atoms with Crippen LogP contribution in [0.2, 0.25) is 5.28 Å². The second kappa shape index (κ2) is 10.9. The summed E-state index contributed by atoms with van der Waals surface area (Å²) in [6.07, 6.45) is -1.24. The molecule has 0 amide bonds. The lowest BCUT2D eigenvalue weighted by Crippen LogP contribution is -2.33. The molecular weight excluding hydrogens is 544 g/mol. The van der Waals surface area contributed by atoms with E-state index >= 15 is 0 Å². The molecule has 0 radical (unpaired) electrons. The van der Waals surface area contributed by atoms with Crippen LogP contribution in [-0.4, -0.2) is 93.1 Å². The first-order valence-corrected chi connectivity index (χ1v) is 15.1. The maximum Gasteiger partial charge on any atom is 0.340 e. The monoisotopic (exact) mass is 571 g/mol. The highest BCUT2D eigenvalue weighted by Crippen LogP contribution is 2.55. The first-order chi connectivity index (χ1) is 16.8. The summed E-state index contributed by atoms with van der Waals surface area (Å²) in [6, 6.07) is 0. The minimum atomic E-state index is -4.83. The normalized spacial score (nSPS) is 31.0. The van der Waals surface area contributed by atoms with E-state index in [0.29, 0.717) is 18.3 Å². The summed E-state index contributed by atoms with van der Waals surface area (Å²) in [5, 5.41) is 37.8. The van der Waals surface area contributed by atoms with E-state index in [-0.39, 0.29) is 22.7 Å². The highest BCUT2D eigenvalue weighted by Gasteiger charge is 2.46. The molecule has 1 aliphatic carbocycles. The molecule has 202 valence electrons. The number of imidazole rings is 1. The van der Waals surface area contributed by atoms with Crippen LogP contribution in [0, 0.1) is 5.92 Å². The minimum absolute atomic E-state index is 0.116. The van der Waals surface area contributed by atoms with Gasteiger partial charge in [-0.25, -0.2) is 9.50 Å². The fraction of sp³-hybridized carbons (Fsp3) is 0.722. The third-order valence-corrected chi connectivity index (χ3v) is 9.81. The number of halogens is 1. The number of aliphatic hydroxyl groups is 3. The van der Waals surface area contributed by atoms with Crippen molar-refractivity contribution in [1.82, 2.24) is 19.6 Å². The second-order valence-electron chi connectivity index (χ2n) is 9.02. The first-order valence-electron chi connectivity index (χ1n) is 11.2. The van der Waals surface area contributed by atoms with Crippen molar-refractivity contribution in [1.29, 1.82) is 0 Å². The first kappa shape index (κ1) is 27.8. The molecule has 2 fully saturated rings. The summed E-state index contributed by atoms with van der Waals surface area (Å²) in [6.45, 7) is -0.133. The molecule has 0 spiro atoms. The third kappa shape index (κ3) is 6.61. The maximum absolute atomic E-state index is 11.9. The average molecular weight is 572 g/mol. The molecule has 2 aliphatic rings. The van der Waals surface area contributed by atoms with Gasteiger partial charge in [-0.1, -0.05) is 0 Å². The smallest absolute Gasteiger partial charge is 0.340 e. The Morgan fingerprint density at radius 1 is 1.14 bits per heavy atom. The van der Waals surface area contributed by atoms with Crippen molar-refractivity contribution in [3.63, 3.8) is 0 Å². The molecule has 1 saturated carbocycles. The Kier molecular flexibility index (Phi) is 8.40. The van der Waals surface area contributed by atoms with Crippen LogP contribution in [0.5, 0.6) is 0 Å². The Hall–Kier alpha value is -1.22. The molecule has 0 bridgehead atoms. The Bertz CT molecular complexity index is 1170. The molecule has 0 aromatic carbocycles. The van der Waals surface area contributed by atoms with E-state index in [1.165, 1.54) is 10.7 Å². The van der Waals surface area contributed by atoms with Gasteiger partial charge >= 0.3 is 15.2 Å². The van der Waals surface area contributed by atoms with E-state index in [9.17, 15) is 29.3 Å². The van der Waals surface area contributed by atoms with Crippen molar-refractivity contribution in [2.24, 2.45) is 5.92 Å². The number of hydrogen-bond donors (Lipinski definition) is 7. The standard InChI is InChI=1S/C18H28ClN5O10P2/c19-18-22-16(20-5-9-1-3-10(25)4-2-9)17-21-6-11(24(17)23-18)15-14(27)13(26)12(34-15)7-33-36(31,32)8-35(28,29)30/h6,9-10,12-15,25-27H,1-5,7-8H2,(H,31,32)(H,20,22,23)(H2,28,29,30)/t9?,10?,12-,13-,14-,15+/m1/s1. The molecule has 2 aromatic rings. The molecule has 7 N–H and O–H groups in total. The van der Waals surface area contributed by atoms with Gasteiger partial charge in [0.25, 0.3) is 0 Å². The Morgan fingerprint density at radius 2 is 1.83 bits per heavy atom. The Morgan fingerprint density at radius 3 is 2.50 bits per heavy atom. The van der Waals surface area contributed by atoms with Gasteiger partial charge in [0.15, 0.2) is 17.4 Å². The largest absolute Gasteiger partial charge is 0.393 e. The van der Waals surface area contributed by atoms with Gasteiger partial charge in [-0.05, 0) is 43.2 Å². The highest BCUT2D eigenvalue weighted by molar-refractivity contribution is 7.70. The summed E-state index contributed by atoms with van der Waals surface area (Å²) in [7, 11) is -9.51. The number of fused-ring (bicyclic) bond motifs is 1. The minimum Gasteiger partial charge on any atom is -0.393 e. The number of nitrogens with one attached hydrogen (secondary N) is 1. The van der Waals surface area contributed by atoms with Crippen molar-refractivity contribution in [3.8, 4) is 0 Å². The van der Waals surface area contributed by atoms with E-state index in [0.717, 1.165) is 25.7 Å². The van der Waals surface area contributed by atoms with Gasteiger partial charge in [0.2, 0.25) is 5.28 Å². The number of hydrogen-bond acceptors (Lipinski definition) is 11. The predicted octanol–water partition coefficient (Wildman–Crippen LogP) is 0.240. The fourth-order valence-corrected chi connectivity index (χ4v) is 7.10. The summed E-state index contributed by atoms with van der Waals surface area (Å²) < 4.78 is 34.6. The fourth-order valence-electron chi connectivity index (χ4n) is 4.37. The summed E-state index contributed by atoms with van der Waals surface area (Å²) >= 11 is 6.11. The van der Waals surface area contributed by atoms with Crippen LogP contribution in [0.1, 0.15) is 37.5 Å². The molecule has 1 saturated heterocycles. The van der Waals surface area contributed by atoms with E-state index in [4.69, 9.17) is 30.6 Å². The third-order valence-electron chi connectivity index (χ3n) is 6.19. The van der Waals surface area contributed by atoms with Crippen LogP contribution < -0.4 is 5.32 Å². The van der Waals surface area contributed by atoms with Gasteiger partial charge < -0.3 is 44.6 Å². The molecule has 4 rings (SSSR count). The molecule has 2 aromatic heterocycles. The molecule has 1 aliphatic heterocycles. The highest BCUT2D eigenvalue weighted by atomic mass is 35.5. The van der Waals surface area contributed by atoms with Crippen molar-refractivity contribution in [2.75, 3.05) is 24.4 Å².